The molecule has 9 heteroatoms. The van der Waals surface area contributed by atoms with Crippen LogP contribution in [0.2, 0.25) is 0 Å². The van der Waals surface area contributed by atoms with E-state index >= 15 is 0 Å². The predicted molar refractivity (Wildman–Crippen MR) is 72.5 cm³/mol. The summed E-state index contributed by atoms with van der Waals surface area (Å²) >= 11 is 3.13. The van der Waals surface area contributed by atoms with Gasteiger partial charge in [0.15, 0.2) is 9.84 Å². The van der Waals surface area contributed by atoms with Crippen LogP contribution in [0.15, 0.2) is 0 Å². The summed E-state index contributed by atoms with van der Waals surface area (Å²) in [5, 5.41) is 7.85. The molecule has 2 aliphatic heterocycles. The molecule has 20 heavy (non-hydrogen) atoms. The molecule has 114 valence electrons. The third-order valence-corrected chi connectivity index (χ3v) is 9.06. The predicted octanol–water partition coefficient (Wildman–Crippen LogP) is -0.375. The summed E-state index contributed by atoms with van der Waals surface area (Å²) in [5.74, 6) is -2.11. The van der Waals surface area contributed by atoms with Gasteiger partial charge in [-0.05, 0) is 36.2 Å². The largest absolute Gasteiger partial charge is 0.467 e. The van der Waals surface area contributed by atoms with Crippen LogP contribution in [0, 0.1) is 5.92 Å². The van der Waals surface area contributed by atoms with Crippen molar-refractivity contribution < 1.29 is 27.9 Å². The highest BCUT2D eigenvalue weighted by atomic mass is 79.9. The topological polar surface area (TPSA) is 101 Å². The van der Waals surface area contributed by atoms with E-state index in [2.05, 4.69) is 20.7 Å². The molecule has 0 aromatic rings. The van der Waals surface area contributed by atoms with Crippen LogP contribution >= 0.6 is 15.9 Å². The van der Waals surface area contributed by atoms with Crippen molar-refractivity contribution >= 4 is 37.6 Å². The van der Waals surface area contributed by atoms with Crippen molar-refractivity contribution in [2.45, 2.75) is 34.8 Å². The average Bonchev–Trinajstić information content (AvgIpc) is 2.49. The smallest absolute Gasteiger partial charge is 0.344 e. The first kappa shape index (κ1) is 15.7. The van der Waals surface area contributed by atoms with E-state index in [1.54, 1.807) is 0 Å². The Morgan fingerprint density at radius 1 is 1.50 bits per heavy atom. The van der Waals surface area contributed by atoms with Crippen LogP contribution in [0.1, 0.15) is 20.3 Å². The molecule has 0 spiro atoms. The molecule has 0 aromatic heterocycles. The van der Waals surface area contributed by atoms with Crippen molar-refractivity contribution in [3.05, 3.63) is 0 Å². The number of nitrogens with zero attached hydrogens (tertiary/aromatic N) is 1. The standard InChI is InChI=1S/C11H16BrNO6S/c1-10(2)11(12,9(16)19-3)13-7(15)6(4-5-14)8(13)20(10,17)18/h6,8,14H,4-5H2,1-3H3/t6-,8+,11-/m0/s1. The lowest BCUT2D eigenvalue weighted by Crippen LogP contribution is -2.68. The first-order valence-electron chi connectivity index (χ1n) is 6.03. The van der Waals surface area contributed by atoms with Gasteiger partial charge >= 0.3 is 5.97 Å². The van der Waals surface area contributed by atoms with E-state index in [4.69, 9.17) is 5.11 Å². The van der Waals surface area contributed by atoms with Gasteiger partial charge in [-0.1, -0.05) is 0 Å². The number of fused-ring (bicyclic) bond motifs is 1. The fourth-order valence-electron chi connectivity index (χ4n) is 2.87. The lowest BCUT2D eigenvalue weighted by atomic mass is 9.89. The molecule has 2 saturated heterocycles. The monoisotopic (exact) mass is 369 g/mol. The summed E-state index contributed by atoms with van der Waals surface area (Å²) in [6.07, 6.45) is 0.0551. The number of halogens is 1. The van der Waals surface area contributed by atoms with Crippen molar-refractivity contribution in [1.29, 1.82) is 0 Å². The fourth-order valence-corrected chi connectivity index (χ4v) is 6.63. The number of ether oxygens (including phenoxy) is 1. The third-order valence-electron chi connectivity index (χ3n) is 4.21. The number of carbonyl (C=O) groups is 2. The van der Waals surface area contributed by atoms with Gasteiger partial charge in [0, 0.05) is 6.61 Å². The van der Waals surface area contributed by atoms with Crippen LogP contribution in [-0.4, -0.2) is 58.6 Å². The number of aliphatic hydroxyl groups excluding tert-OH is 1. The van der Waals surface area contributed by atoms with Crippen LogP contribution in [-0.2, 0) is 24.2 Å². The van der Waals surface area contributed by atoms with Crippen molar-refractivity contribution in [3.63, 3.8) is 0 Å². The Balaban J connectivity index is 2.59. The van der Waals surface area contributed by atoms with Crippen LogP contribution in [0.4, 0.5) is 0 Å². The van der Waals surface area contributed by atoms with E-state index in [0.29, 0.717) is 0 Å². The van der Waals surface area contributed by atoms with E-state index in [1.807, 2.05) is 0 Å². The first-order chi connectivity index (χ1) is 9.08. The third kappa shape index (κ3) is 1.46. The van der Waals surface area contributed by atoms with E-state index in [-0.39, 0.29) is 13.0 Å². The highest BCUT2D eigenvalue weighted by Gasteiger charge is 2.79. The number of methoxy groups -OCH3 is 1. The molecule has 2 aliphatic rings. The first-order valence-corrected chi connectivity index (χ1v) is 8.37. The zero-order valence-electron chi connectivity index (χ0n) is 11.3. The van der Waals surface area contributed by atoms with Crippen molar-refractivity contribution in [3.8, 4) is 0 Å². The second kappa shape index (κ2) is 4.41. The second-order valence-electron chi connectivity index (χ2n) is 5.39. The molecule has 0 saturated carbocycles. The van der Waals surface area contributed by atoms with E-state index < -0.39 is 42.2 Å². The lowest BCUT2D eigenvalue weighted by molar-refractivity contribution is -0.168. The molecule has 2 fully saturated rings. The SMILES string of the molecule is COC(=O)[C@]1(Br)N2C(=O)[C@H](CCO)[C@H]2S(=O)(=O)C1(C)C. The summed E-state index contributed by atoms with van der Waals surface area (Å²) in [6, 6.07) is 0. The number of aliphatic hydroxyl groups is 1. The van der Waals surface area contributed by atoms with Gasteiger partial charge in [-0.3, -0.25) is 9.69 Å². The van der Waals surface area contributed by atoms with Gasteiger partial charge in [-0.2, -0.15) is 0 Å². The van der Waals surface area contributed by atoms with Gasteiger partial charge in [0.05, 0.1) is 13.0 Å². The number of carbonyl (C=O) groups excluding carboxylic acids is 2. The molecule has 2 heterocycles. The molecular formula is C11H16BrNO6S. The van der Waals surface area contributed by atoms with Crippen molar-refractivity contribution in [1.82, 2.24) is 4.90 Å². The Bertz CT molecular complexity index is 573. The molecule has 0 aliphatic carbocycles. The van der Waals surface area contributed by atoms with Crippen molar-refractivity contribution in [2.24, 2.45) is 5.92 Å². The molecule has 3 atom stereocenters. The molecule has 0 aromatic carbocycles. The Kier molecular flexibility index (Phi) is 3.47. The van der Waals surface area contributed by atoms with Crippen LogP contribution in [0.3, 0.4) is 0 Å². The summed E-state index contributed by atoms with van der Waals surface area (Å²) in [6.45, 7) is 2.48. The second-order valence-corrected chi connectivity index (χ2v) is 9.13. The molecular weight excluding hydrogens is 354 g/mol. The molecule has 2 rings (SSSR count). The highest BCUT2D eigenvalue weighted by Crippen LogP contribution is 2.58. The molecule has 7 nitrogen and oxygen atoms in total. The Labute approximate surface area is 125 Å². The van der Waals surface area contributed by atoms with E-state index in [1.165, 1.54) is 13.8 Å². The zero-order chi connectivity index (χ0) is 15.5. The van der Waals surface area contributed by atoms with E-state index in [0.717, 1.165) is 12.0 Å². The zero-order valence-corrected chi connectivity index (χ0v) is 13.7. The van der Waals surface area contributed by atoms with Gasteiger partial charge in [-0.15, -0.1) is 0 Å². The van der Waals surface area contributed by atoms with Crippen LogP contribution in [0.5, 0.6) is 0 Å². The van der Waals surface area contributed by atoms with E-state index in [9.17, 15) is 18.0 Å². The normalized spacial score (nSPS) is 37.2. The molecule has 1 N–H and O–H groups in total. The molecule has 0 bridgehead atoms. The number of sulfone groups is 1. The van der Waals surface area contributed by atoms with Gasteiger partial charge in [0.2, 0.25) is 10.4 Å². The van der Waals surface area contributed by atoms with Crippen LogP contribution < -0.4 is 0 Å². The average molecular weight is 370 g/mol. The highest BCUT2D eigenvalue weighted by molar-refractivity contribution is 9.10. The fraction of sp³-hybridized carbons (Fsp3) is 0.818. The Morgan fingerprint density at radius 3 is 2.50 bits per heavy atom. The minimum atomic E-state index is -3.79. The molecule has 0 unspecified atom stereocenters. The summed E-state index contributed by atoms with van der Waals surface area (Å²) in [5.41, 5.74) is 0. The number of rotatable bonds is 3. The Morgan fingerprint density at radius 2 is 2.05 bits per heavy atom. The number of hydrogen-bond donors (Lipinski definition) is 1. The summed E-state index contributed by atoms with van der Waals surface area (Å²) < 4.78 is 26.7. The number of esters is 1. The van der Waals surface area contributed by atoms with Gasteiger partial charge < -0.3 is 9.84 Å². The van der Waals surface area contributed by atoms with Gasteiger partial charge in [0.25, 0.3) is 0 Å². The number of alkyl halides is 1. The van der Waals surface area contributed by atoms with Crippen LogP contribution in [0.25, 0.3) is 0 Å². The maximum atomic E-state index is 12.6. The summed E-state index contributed by atoms with van der Waals surface area (Å²) in [7, 11) is -2.65. The van der Waals surface area contributed by atoms with Crippen molar-refractivity contribution in [2.75, 3.05) is 13.7 Å². The number of hydrogen-bond acceptors (Lipinski definition) is 6. The Hall–Kier alpha value is -0.670. The summed E-state index contributed by atoms with van der Waals surface area (Å²) in [4.78, 5) is 25.2. The number of β-lactam (4-membered cyclic amide) rings is 1. The number of amides is 1. The minimum Gasteiger partial charge on any atom is -0.467 e. The quantitative estimate of drug-likeness (QED) is 0.315. The van der Waals surface area contributed by atoms with Gasteiger partial charge in [0.1, 0.15) is 10.1 Å². The maximum Gasteiger partial charge on any atom is 0.344 e. The van der Waals surface area contributed by atoms with Gasteiger partial charge in [-0.25, -0.2) is 13.2 Å². The lowest BCUT2D eigenvalue weighted by Gasteiger charge is -2.46. The maximum absolute atomic E-state index is 12.6. The molecule has 1 amide bonds. The molecule has 0 radical (unpaired) electrons. The minimum absolute atomic E-state index is 0.0551.